The summed E-state index contributed by atoms with van der Waals surface area (Å²) in [6.07, 6.45) is 5.66. The number of anilines is 1. The normalized spacial score (nSPS) is 24.0. The minimum absolute atomic E-state index is 0.0462. The van der Waals surface area contributed by atoms with Gasteiger partial charge in [-0.2, -0.15) is 0 Å². The zero-order chi connectivity index (χ0) is 16.2. The quantitative estimate of drug-likeness (QED) is 0.780. The van der Waals surface area contributed by atoms with Crippen LogP contribution in [-0.4, -0.2) is 29.6 Å². The van der Waals surface area contributed by atoms with Gasteiger partial charge in [0.1, 0.15) is 0 Å². The van der Waals surface area contributed by atoms with Gasteiger partial charge in [0.25, 0.3) is 5.91 Å². The van der Waals surface area contributed by atoms with Crippen molar-refractivity contribution in [3.05, 3.63) is 29.8 Å². The molecule has 0 atom stereocenters. The minimum atomic E-state index is -0.0973. The zero-order valence-corrected chi connectivity index (χ0v) is 13.3. The van der Waals surface area contributed by atoms with Crippen LogP contribution in [0.25, 0.3) is 0 Å². The van der Waals surface area contributed by atoms with Crippen molar-refractivity contribution < 1.29 is 14.7 Å². The Hall–Kier alpha value is -1.88. The first kappa shape index (κ1) is 16.0. The van der Waals surface area contributed by atoms with E-state index in [1.54, 1.807) is 18.2 Å². The summed E-state index contributed by atoms with van der Waals surface area (Å²) in [6, 6.07) is 7.27. The van der Waals surface area contributed by atoms with Gasteiger partial charge in [-0.25, -0.2) is 0 Å². The number of carbonyl (C=O) groups excluding carboxylic acids is 2. The second-order valence-electron chi connectivity index (χ2n) is 6.72. The maximum atomic E-state index is 12.4. The van der Waals surface area contributed by atoms with Crippen molar-refractivity contribution in [3.8, 4) is 0 Å². The van der Waals surface area contributed by atoms with E-state index in [2.05, 4.69) is 10.6 Å². The highest BCUT2D eigenvalue weighted by Crippen LogP contribution is 2.30. The predicted molar refractivity (Wildman–Crippen MR) is 88.1 cm³/mol. The highest BCUT2D eigenvalue weighted by molar-refractivity contribution is 5.98. The van der Waals surface area contributed by atoms with Crippen LogP contribution in [0.2, 0.25) is 0 Å². The molecule has 0 radical (unpaired) electrons. The molecule has 0 aliphatic heterocycles. The standard InChI is InChI=1S/C18H24N2O3/c21-11-12-4-8-15(9-5-12)19-18(23)14-2-1-3-16(10-14)20-17(22)13-6-7-13/h1-3,10,12-13,15,21H,4-9,11H2,(H,19,23)(H,20,22). The molecule has 0 saturated heterocycles. The summed E-state index contributed by atoms with van der Waals surface area (Å²) >= 11 is 0. The van der Waals surface area contributed by atoms with Gasteiger partial charge in [0.2, 0.25) is 5.91 Å². The zero-order valence-electron chi connectivity index (χ0n) is 13.3. The van der Waals surface area contributed by atoms with Crippen LogP contribution in [0.15, 0.2) is 24.3 Å². The van der Waals surface area contributed by atoms with E-state index in [1.165, 1.54) is 0 Å². The molecule has 0 aromatic heterocycles. The van der Waals surface area contributed by atoms with E-state index in [4.69, 9.17) is 5.11 Å². The van der Waals surface area contributed by atoms with Gasteiger partial charge in [-0.15, -0.1) is 0 Å². The third-order valence-corrected chi connectivity index (χ3v) is 4.78. The van der Waals surface area contributed by atoms with Gasteiger partial charge >= 0.3 is 0 Å². The fourth-order valence-electron chi connectivity index (χ4n) is 3.09. The fourth-order valence-corrected chi connectivity index (χ4v) is 3.09. The molecule has 3 N–H and O–H groups in total. The maximum absolute atomic E-state index is 12.4. The predicted octanol–water partition coefficient (Wildman–Crippen LogP) is 2.32. The Morgan fingerprint density at radius 3 is 2.48 bits per heavy atom. The van der Waals surface area contributed by atoms with Crippen molar-refractivity contribution in [2.75, 3.05) is 11.9 Å². The van der Waals surface area contributed by atoms with Gasteiger partial charge in [-0.1, -0.05) is 6.07 Å². The number of hydrogen-bond donors (Lipinski definition) is 3. The summed E-state index contributed by atoms with van der Waals surface area (Å²) in [5.74, 6) is 0.475. The SMILES string of the molecule is O=C(NC1CCC(CO)CC1)c1cccc(NC(=O)C2CC2)c1. The van der Waals surface area contributed by atoms with Gasteiger partial charge in [-0.3, -0.25) is 9.59 Å². The van der Waals surface area contributed by atoms with Gasteiger partial charge in [0, 0.05) is 29.8 Å². The summed E-state index contributed by atoms with van der Waals surface area (Å²) in [4.78, 5) is 24.2. The summed E-state index contributed by atoms with van der Waals surface area (Å²) in [5.41, 5.74) is 1.25. The molecule has 0 bridgehead atoms. The lowest BCUT2D eigenvalue weighted by Gasteiger charge is -2.28. The number of hydrogen-bond acceptors (Lipinski definition) is 3. The lowest BCUT2D eigenvalue weighted by atomic mass is 9.86. The molecule has 1 aromatic rings. The van der Waals surface area contributed by atoms with Crippen molar-refractivity contribution in [3.63, 3.8) is 0 Å². The average molecular weight is 316 g/mol. The van der Waals surface area contributed by atoms with E-state index in [0.29, 0.717) is 17.2 Å². The number of aliphatic hydroxyl groups is 1. The van der Waals surface area contributed by atoms with Crippen LogP contribution in [0.1, 0.15) is 48.9 Å². The molecule has 2 saturated carbocycles. The molecule has 2 amide bonds. The van der Waals surface area contributed by atoms with E-state index >= 15 is 0 Å². The van der Waals surface area contributed by atoms with Gasteiger partial charge < -0.3 is 15.7 Å². The number of aliphatic hydroxyl groups excluding tert-OH is 1. The third-order valence-electron chi connectivity index (χ3n) is 4.78. The van der Waals surface area contributed by atoms with E-state index in [1.807, 2.05) is 6.07 Å². The molecule has 0 unspecified atom stereocenters. The van der Waals surface area contributed by atoms with E-state index in [9.17, 15) is 9.59 Å². The number of carbonyl (C=O) groups is 2. The highest BCUT2D eigenvalue weighted by atomic mass is 16.3. The summed E-state index contributed by atoms with van der Waals surface area (Å²) < 4.78 is 0. The van der Waals surface area contributed by atoms with Crippen LogP contribution in [0.4, 0.5) is 5.69 Å². The van der Waals surface area contributed by atoms with E-state index in [-0.39, 0.29) is 30.4 Å². The van der Waals surface area contributed by atoms with Crippen LogP contribution in [-0.2, 0) is 4.79 Å². The molecule has 1 aromatic carbocycles. The molecule has 5 nitrogen and oxygen atoms in total. The molecule has 0 spiro atoms. The smallest absolute Gasteiger partial charge is 0.251 e. The molecule has 3 rings (SSSR count). The molecule has 23 heavy (non-hydrogen) atoms. The monoisotopic (exact) mass is 316 g/mol. The topological polar surface area (TPSA) is 78.4 Å². The van der Waals surface area contributed by atoms with E-state index in [0.717, 1.165) is 38.5 Å². The minimum Gasteiger partial charge on any atom is -0.396 e. The fraction of sp³-hybridized carbons (Fsp3) is 0.556. The first-order valence-electron chi connectivity index (χ1n) is 8.48. The summed E-state index contributed by atoms with van der Waals surface area (Å²) in [7, 11) is 0. The van der Waals surface area contributed by atoms with Gasteiger partial charge in [0.05, 0.1) is 0 Å². The number of benzene rings is 1. The molecule has 2 fully saturated rings. The second-order valence-corrected chi connectivity index (χ2v) is 6.72. The van der Waals surface area contributed by atoms with Gasteiger partial charge in [-0.05, 0) is 62.6 Å². The Bertz CT molecular complexity index is 575. The number of amides is 2. The Morgan fingerprint density at radius 2 is 1.83 bits per heavy atom. The van der Waals surface area contributed by atoms with Crippen LogP contribution in [0, 0.1) is 11.8 Å². The molecule has 0 heterocycles. The Morgan fingerprint density at radius 1 is 1.09 bits per heavy atom. The van der Waals surface area contributed by atoms with E-state index < -0.39 is 0 Å². The van der Waals surface area contributed by atoms with Crippen LogP contribution < -0.4 is 10.6 Å². The molecule has 5 heteroatoms. The Kier molecular flexibility index (Phi) is 4.96. The van der Waals surface area contributed by atoms with Crippen LogP contribution >= 0.6 is 0 Å². The second kappa shape index (κ2) is 7.13. The molecule has 124 valence electrons. The largest absolute Gasteiger partial charge is 0.396 e. The van der Waals surface area contributed by atoms with Crippen molar-refractivity contribution in [2.24, 2.45) is 11.8 Å². The first-order chi connectivity index (χ1) is 11.2. The average Bonchev–Trinajstić information content (AvgIpc) is 3.41. The highest BCUT2D eigenvalue weighted by Gasteiger charge is 2.29. The first-order valence-corrected chi connectivity index (χ1v) is 8.48. The number of rotatable bonds is 5. The van der Waals surface area contributed by atoms with Crippen LogP contribution in [0.5, 0.6) is 0 Å². The van der Waals surface area contributed by atoms with Gasteiger partial charge in [0.15, 0.2) is 0 Å². The Balaban J connectivity index is 1.55. The molecule has 2 aliphatic carbocycles. The van der Waals surface area contributed by atoms with Crippen molar-refractivity contribution >= 4 is 17.5 Å². The molecular formula is C18H24N2O3. The van der Waals surface area contributed by atoms with Crippen molar-refractivity contribution in [1.29, 1.82) is 0 Å². The summed E-state index contributed by atoms with van der Waals surface area (Å²) in [5, 5.41) is 15.1. The van der Waals surface area contributed by atoms with Crippen molar-refractivity contribution in [2.45, 2.75) is 44.6 Å². The lowest BCUT2D eigenvalue weighted by molar-refractivity contribution is -0.117. The summed E-state index contributed by atoms with van der Waals surface area (Å²) in [6.45, 7) is 0.239. The lowest BCUT2D eigenvalue weighted by Crippen LogP contribution is -2.38. The van der Waals surface area contributed by atoms with Crippen molar-refractivity contribution in [1.82, 2.24) is 5.32 Å². The molecular weight excluding hydrogens is 292 g/mol. The molecule has 2 aliphatic rings. The third kappa shape index (κ3) is 4.32. The Labute approximate surface area is 136 Å². The maximum Gasteiger partial charge on any atom is 0.251 e. The number of nitrogens with one attached hydrogen (secondary N) is 2. The van der Waals surface area contributed by atoms with Crippen LogP contribution in [0.3, 0.4) is 0 Å².